The lowest BCUT2D eigenvalue weighted by Gasteiger charge is -2.46. The molecule has 7 aromatic carbocycles. The Kier molecular flexibility index (Phi) is 7.09. The third-order valence-corrected chi connectivity index (χ3v) is 16.3. The lowest BCUT2D eigenvalue weighted by molar-refractivity contribution is 0.591. The van der Waals surface area contributed by atoms with Gasteiger partial charge in [0.05, 0.1) is 34.1 Å². The van der Waals surface area contributed by atoms with Gasteiger partial charge in [-0.2, -0.15) is 0 Å². The Morgan fingerprint density at radius 1 is 0.415 bits per heavy atom. The first-order chi connectivity index (χ1) is 25.7. The summed E-state index contributed by atoms with van der Waals surface area (Å²) in [6, 6.07) is 58.3. The summed E-state index contributed by atoms with van der Waals surface area (Å²) in [5, 5.41) is 2.63. The molecule has 3 nitrogen and oxygen atoms in total. The van der Waals surface area contributed by atoms with E-state index < -0.39 is 7.14 Å². The van der Waals surface area contributed by atoms with Crippen molar-refractivity contribution in [1.82, 2.24) is 0 Å². The van der Waals surface area contributed by atoms with Crippen molar-refractivity contribution >= 4 is 68.9 Å². The maximum atomic E-state index is 16.2. The fourth-order valence-corrected chi connectivity index (χ4v) is 13.8. The van der Waals surface area contributed by atoms with Gasteiger partial charge in [-0.3, -0.25) is 0 Å². The summed E-state index contributed by atoms with van der Waals surface area (Å²) in [6.45, 7) is 9.31. The molecule has 258 valence electrons. The highest BCUT2D eigenvalue weighted by Gasteiger charge is 2.44. The van der Waals surface area contributed by atoms with Crippen molar-refractivity contribution in [1.29, 1.82) is 0 Å². The molecular formula is C48H39N2OPS. The predicted molar refractivity (Wildman–Crippen MR) is 224 cm³/mol. The maximum Gasteiger partial charge on any atom is 0.173 e. The molecular weight excluding hydrogens is 684 g/mol. The third kappa shape index (κ3) is 4.52. The molecule has 0 spiro atoms. The van der Waals surface area contributed by atoms with Crippen LogP contribution >= 0.6 is 18.9 Å². The molecule has 0 N–H and O–H groups in total. The van der Waals surface area contributed by atoms with Gasteiger partial charge >= 0.3 is 0 Å². The lowest BCUT2D eigenvalue weighted by Crippen LogP contribution is -2.35. The first-order valence-electron chi connectivity index (χ1n) is 18.3. The number of benzene rings is 7. The zero-order valence-corrected chi connectivity index (χ0v) is 32.0. The summed E-state index contributed by atoms with van der Waals surface area (Å²) in [5.74, 6) is 0. The quantitative estimate of drug-likeness (QED) is 0.169. The monoisotopic (exact) mass is 722 g/mol. The number of fused-ring (bicyclic) bond motifs is 6. The number of nitrogens with zero attached hydrogens (tertiary/aromatic N) is 2. The van der Waals surface area contributed by atoms with E-state index >= 15 is 4.57 Å². The van der Waals surface area contributed by atoms with Crippen molar-refractivity contribution in [3.05, 3.63) is 186 Å². The van der Waals surface area contributed by atoms with E-state index in [1.54, 1.807) is 11.8 Å². The maximum absolute atomic E-state index is 16.2. The van der Waals surface area contributed by atoms with Gasteiger partial charge < -0.3 is 14.4 Å². The Morgan fingerprint density at radius 2 is 0.811 bits per heavy atom. The van der Waals surface area contributed by atoms with Gasteiger partial charge in [0.2, 0.25) is 0 Å². The minimum atomic E-state index is -3.30. The molecule has 3 aliphatic heterocycles. The average Bonchev–Trinajstić information content (AvgIpc) is 3.19. The Hall–Kier alpha value is -5.28. The van der Waals surface area contributed by atoms with Gasteiger partial charge in [-0.25, -0.2) is 0 Å². The van der Waals surface area contributed by atoms with E-state index in [-0.39, 0.29) is 10.8 Å². The largest absolute Gasteiger partial charge is 0.309 e. The number of hydrogen-bond donors (Lipinski definition) is 0. The molecule has 7 aromatic rings. The molecule has 0 fully saturated rings. The smallest absolute Gasteiger partial charge is 0.173 e. The van der Waals surface area contributed by atoms with Crippen molar-refractivity contribution in [3.8, 4) is 0 Å². The topological polar surface area (TPSA) is 23.6 Å². The van der Waals surface area contributed by atoms with E-state index in [0.29, 0.717) is 0 Å². The minimum Gasteiger partial charge on any atom is -0.309 e. The van der Waals surface area contributed by atoms with Crippen LogP contribution in [0.15, 0.2) is 174 Å². The van der Waals surface area contributed by atoms with Gasteiger partial charge in [-0.05, 0) is 70.8 Å². The van der Waals surface area contributed by atoms with Crippen molar-refractivity contribution in [2.24, 2.45) is 0 Å². The highest BCUT2D eigenvalue weighted by atomic mass is 32.2. The second kappa shape index (κ2) is 11.6. The molecule has 0 saturated heterocycles. The van der Waals surface area contributed by atoms with Crippen LogP contribution in [0, 0.1) is 0 Å². The van der Waals surface area contributed by atoms with Gasteiger partial charge in [-0.15, -0.1) is 0 Å². The van der Waals surface area contributed by atoms with Crippen LogP contribution in [-0.2, 0) is 15.4 Å². The molecule has 0 amide bonds. The molecule has 0 aliphatic carbocycles. The molecule has 5 heteroatoms. The summed E-state index contributed by atoms with van der Waals surface area (Å²) < 4.78 is 16.2. The first-order valence-corrected chi connectivity index (χ1v) is 20.8. The van der Waals surface area contributed by atoms with Crippen LogP contribution < -0.4 is 25.7 Å². The fraction of sp³-hybridized carbons (Fsp3) is 0.125. The van der Waals surface area contributed by atoms with Gasteiger partial charge in [-0.1, -0.05) is 155 Å². The summed E-state index contributed by atoms with van der Waals surface area (Å²) in [5.41, 5.74) is 11.3. The summed E-state index contributed by atoms with van der Waals surface area (Å²) in [4.78, 5) is 6.97. The molecule has 10 rings (SSSR count). The molecule has 1 atom stereocenters. The SMILES string of the molecule is CC1(C)c2ccccc2N(c2cc3c(cc2N2c4ccccc4C(C)(C)c4ccccc42)P(=O)(c2ccccc2)c2ccccc2S3)c2ccccc21. The predicted octanol–water partition coefficient (Wildman–Crippen LogP) is 12.0. The Bertz CT molecular complexity index is 2560. The Labute approximate surface area is 316 Å². The van der Waals surface area contributed by atoms with Crippen molar-refractivity contribution in [3.63, 3.8) is 0 Å². The van der Waals surface area contributed by atoms with E-state index in [1.807, 2.05) is 36.4 Å². The second-order valence-electron chi connectivity index (χ2n) is 15.3. The third-order valence-electron chi connectivity index (χ3n) is 11.7. The molecule has 3 aliphatic rings. The summed E-state index contributed by atoms with van der Waals surface area (Å²) >= 11 is 1.73. The molecule has 0 saturated carbocycles. The van der Waals surface area contributed by atoms with Gasteiger partial charge in [0.1, 0.15) is 0 Å². The standard InChI is InChI=1S/C48H39N2OPS/c1-47(2)33-20-8-12-24-37(33)49(38-25-13-9-21-34(38)47)41-30-44-46(53-45-29-17-16-28-43(45)52(44,51)32-18-6-5-7-19-32)31-42(41)50-39-26-14-10-22-35(39)48(3,4)36-23-11-15-27-40(36)50/h5-31H,1-4H3. The van der Waals surface area contributed by atoms with E-state index in [1.165, 1.54) is 22.3 Å². The molecule has 0 bridgehead atoms. The molecule has 0 radical (unpaired) electrons. The first kappa shape index (κ1) is 32.4. The molecule has 1 unspecified atom stereocenters. The van der Waals surface area contributed by atoms with Crippen LogP contribution in [-0.4, -0.2) is 0 Å². The highest BCUT2D eigenvalue weighted by molar-refractivity contribution is 8.02. The normalized spacial score (nSPS) is 18.5. The van der Waals surface area contributed by atoms with Gasteiger partial charge in [0, 0.05) is 36.5 Å². The van der Waals surface area contributed by atoms with E-state index in [9.17, 15) is 0 Å². The zero-order chi connectivity index (χ0) is 36.1. The van der Waals surface area contributed by atoms with Crippen LogP contribution in [0.25, 0.3) is 0 Å². The second-order valence-corrected chi connectivity index (χ2v) is 19.1. The van der Waals surface area contributed by atoms with Crippen LogP contribution in [0.1, 0.15) is 49.9 Å². The number of hydrogen-bond acceptors (Lipinski definition) is 4. The van der Waals surface area contributed by atoms with E-state index in [2.05, 4.69) is 165 Å². The van der Waals surface area contributed by atoms with E-state index in [4.69, 9.17) is 0 Å². The molecule has 3 heterocycles. The summed E-state index contributed by atoms with van der Waals surface area (Å²) in [7, 11) is -3.30. The highest BCUT2D eigenvalue weighted by Crippen LogP contribution is 2.60. The van der Waals surface area contributed by atoms with Crippen LogP contribution in [0.3, 0.4) is 0 Å². The average molecular weight is 723 g/mol. The zero-order valence-electron chi connectivity index (χ0n) is 30.2. The Morgan fingerprint density at radius 3 is 1.30 bits per heavy atom. The number of para-hydroxylation sites is 4. The fourth-order valence-electron chi connectivity index (χ4n) is 9.06. The van der Waals surface area contributed by atoms with Crippen LogP contribution in [0.4, 0.5) is 34.1 Å². The minimum absolute atomic E-state index is 0.205. The van der Waals surface area contributed by atoms with Crippen molar-refractivity contribution in [2.45, 2.75) is 48.3 Å². The molecule has 53 heavy (non-hydrogen) atoms. The van der Waals surface area contributed by atoms with Gasteiger partial charge in [0.15, 0.2) is 7.14 Å². The van der Waals surface area contributed by atoms with Crippen LogP contribution in [0.5, 0.6) is 0 Å². The lowest BCUT2D eigenvalue weighted by atomic mass is 9.73. The number of anilines is 6. The Balaban J connectivity index is 1.35. The van der Waals surface area contributed by atoms with Gasteiger partial charge in [0.25, 0.3) is 0 Å². The summed E-state index contributed by atoms with van der Waals surface area (Å²) in [6.07, 6.45) is 0. The van der Waals surface area contributed by atoms with E-state index in [0.717, 1.165) is 59.8 Å². The molecule has 0 aromatic heterocycles. The number of rotatable bonds is 3. The van der Waals surface area contributed by atoms with Crippen LogP contribution in [0.2, 0.25) is 0 Å². The van der Waals surface area contributed by atoms with Crippen molar-refractivity contribution < 1.29 is 4.57 Å². The van der Waals surface area contributed by atoms with Crippen molar-refractivity contribution in [2.75, 3.05) is 9.80 Å².